The van der Waals surface area contributed by atoms with Gasteiger partial charge in [0.05, 0.1) is 21.6 Å². The Morgan fingerprint density at radius 2 is 1.90 bits per heavy atom. The monoisotopic (exact) mass is 442 g/mol. The number of hydrogen-bond donors (Lipinski definition) is 1. The molecule has 0 aliphatic carbocycles. The molecule has 7 nitrogen and oxygen atoms in total. The Labute approximate surface area is 176 Å². The molecule has 1 amide bonds. The first-order chi connectivity index (χ1) is 14.8. The third kappa shape index (κ3) is 3.32. The van der Waals surface area contributed by atoms with Crippen molar-refractivity contribution in [2.75, 3.05) is 5.32 Å². The standard InChI is InChI=1S/C20H13F3N6OS/c1-28-14-6-3-2-5-11(14)25-19(28)26-18(30)13-10-17-24-12(15-7-4-8-31-15)9-16(20(21,22)23)29(17)27-13/h2-10H,1H3,(H,25,26,30). The van der Waals surface area contributed by atoms with Gasteiger partial charge in [0.1, 0.15) is 0 Å². The number of benzene rings is 1. The van der Waals surface area contributed by atoms with E-state index in [1.165, 1.54) is 17.4 Å². The van der Waals surface area contributed by atoms with Crippen LogP contribution in [-0.2, 0) is 13.2 Å². The third-order valence-corrected chi connectivity index (χ3v) is 5.63. The minimum absolute atomic E-state index is 0.0756. The molecular weight excluding hydrogens is 429 g/mol. The maximum Gasteiger partial charge on any atom is 0.433 e. The smallest absolute Gasteiger partial charge is 0.313 e. The maximum absolute atomic E-state index is 13.7. The Hall–Kier alpha value is -3.73. The Morgan fingerprint density at radius 1 is 1.10 bits per heavy atom. The summed E-state index contributed by atoms with van der Waals surface area (Å²) in [5.74, 6) is -0.429. The van der Waals surface area contributed by atoms with Crippen molar-refractivity contribution in [3.63, 3.8) is 0 Å². The molecule has 31 heavy (non-hydrogen) atoms. The molecule has 0 radical (unpaired) electrons. The number of carbonyl (C=O) groups excluding carboxylic acids is 1. The van der Waals surface area contributed by atoms with Crippen molar-refractivity contribution in [3.8, 4) is 10.6 Å². The van der Waals surface area contributed by atoms with Gasteiger partial charge in [-0.1, -0.05) is 18.2 Å². The molecule has 11 heteroatoms. The summed E-state index contributed by atoms with van der Waals surface area (Å²) in [6, 6.07) is 12.9. The second-order valence-corrected chi connectivity index (χ2v) is 7.69. The molecule has 0 saturated carbocycles. The van der Waals surface area contributed by atoms with Gasteiger partial charge in [0.2, 0.25) is 5.95 Å². The van der Waals surface area contributed by atoms with E-state index < -0.39 is 17.8 Å². The van der Waals surface area contributed by atoms with Crippen molar-refractivity contribution in [1.29, 1.82) is 0 Å². The predicted octanol–water partition coefficient (Wildman–Crippen LogP) is 4.62. The number of hydrogen-bond acceptors (Lipinski definition) is 5. The minimum atomic E-state index is -4.68. The van der Waals surface area contributed by atoms with Gasteiger partial charge in [0.15, 0.2) is 17.0 Å². The normalized spacial score (nSPS) is 12.0. The van der Waals surface area contributed by atoms with Crippen molar-refractivity contribution in [2.24, 2.45) is 7.05 Å². The first-order valence-electron chi connectivity index (χ1n) is 9.06. The highest BCUT2D eigenvalue weighted by Gasteiger charge is 2.35. The molecule has 0 atom stereocenters. The Morgan fingerprint density at radius 3 is 2.61 bits per heavy atom. The number of halogens is 3. The number of alkyl halides is 3. The molecule has 4 heterocycles. The second-order valence-electron chi connectivity index (χ2n) is 6.74. The van der Waals surface area contributed by atoms with E-state index in [1.54, 1.807) is 35.2 Å². The van der Waals surface area contributed by atoms with Crippen LogP contribution in [0.15, 0.2) is 53.9 Å². The summed E-state index contributed by atoms with van der Waals surface area (Å²) in [7, 11) is 1.73. The molecule has 156 valence electrons. The number of imidazole rings is 1. The number of carbonyl (C=O) groups is 1. The molecule has 5 aromatic rings. The Kier molecular flexibility index (Phi) is 4.29. The zero-order valence-electron chi connectivity index (χ0n) is 15.9. The first kappa shape index (κ1) is 19.2. The average Bonchev–Trinajstić information content (AvgIpc) is 3.46. The molecule has 0 aliphatic heterocycles. The van der Waals surface area contributed by atoms with Gasteiger partial charge in [-0.2, -0.15) is 18.3 Å². The highest BCUT2D eigenvalue weighted by Crippen LogP contribution is 2.33. The van der Waals surface area contributed by atoms with Crippen LogP contribution < -0.4 is 5.32 Å². The van der Waals surface area contributed by atoms with E-state index in [9.17, 15) is 18.0 Å². The fraction of sp³-hybridized carbons (Fsp3) is 0.100. The summed E-state index contributed by atoms with van der Waals surface area (Å²) in [6.07, 6.45) is -4.68. The second kappa shape index (κ2) is 6.91. The van der Waals surface area contributed by atoms with Gasteiger partial charge >= 0.3 is 6.18 Å². The van der Waals surface area contributed by atoms with E-state index in [-0.39, 0.29) is 23.0 Å². The van der Waals surface area contributed by atoms with Crippen LogP contribution in [0, 0.1) is 0 Å². The van der Waals surface area contributed by atoms with Crippen LogP contribution in [0.2, 0.25) is 0 Å². The highest BCUT2D eigenvalue weighted by molar-refractivity contribution is 7.13. The van der Waals surface area contributed by atoms with E-state index in [1.807, 2.05) is 18.2 Å². The summed E-state index contributed by atoms with van der Waals surface area (Å²) >= 11 is 1.27. The zero-order valence-corrected chi connectivity index (χ0v) is 16.7. The Balaban J connectivity index is 1.57. The first-order valence-corrected chi connectivity index (χ1v) is 9.94. The lowest BCUT2D eigenvalue weighted by Crippen LogP contribution is -2.17. The fourth-order valence-electron chi connectivity index (χ4n) is 3.26. The van der Waals surface area contributed by atoms with E-state index in [0.29, 0.717) is 14.9 Å². The summed E-state index contributed by atoms with van der Waals surface area (Å²) in [5, 5.41) is 8.23. The van der Waals surface area contributed by atoms with Crippen LogP contribution in [0.1, 0.15) is 16.2 Å². The van der Waals surface area contributed by atoms with Gasteiger partial charge in [-0.05, 0) is 29.6 Å². The summed E-state index contributed by atoms with van der Waals surface area (Å²) in [5.41, 5.74) is 0.354. The van der Waals surface area contributed by atoms with E-state index in [0.717, 1.165) is 11.6 Å². The topological polar surface area (TPSA) is 77.1 Å². The number of aromatic nitrogens is 5. The fourth-order valence-corrected chi connectivity index (χ4v) is 3.95. The number of anilines is 1. The molecule has 1 aromatic carbocycles. The van der Waals surface area contributed by atoms with Crippen LogP contribution in [0.3, 0.4) is 0 Å². The molecule has 0 unspecified atom stereocenters. The van der Waals surface area contributed by atoms with E-state index >= 15 is 0 Å². The quantitative estimate of drug-likeness (QED) is 0.443. The van der Waals surface area contributed by atoms with Crippen LogP contribution in [0.25, 0.3) is 27.3 Å². The maximum atomic E-state index is 13.7. The lowest BCUT2D eigenvalue weighted by Gasteiger charge is -2.10. The summed E-state index contributed by atoms with van der Waals surface area (Å²) < 4.78 is 43.3. The predicted molar refractivity (Wildman–Crippen MR) is 110 cm³/mol. The van der Waals surface area contributed by atoms with Crippen molar-refractivity contribution in [1.82, 2.24) is 24.1 Å². The molecule has 0 bridgehead atoms. The Bertz CT molecular complexity index is 1430. The summed E-state index contributed by atoms with van der Waals surface area (Å²) in [4.78, 5) is 21.9. The molecule has 1 N–H and O–H groups in total. The van der Waals surface area contributed by atoms with Gasteiger partial charge in [-0.25, -0.2) is 14.5 Å². The van der Waals surface area contributed by atoms with Crippen LogP contribution in [-0.4, -0.2) is 30.1 Å². The van der Waals surface area contributed by atoms with Crippen molar-refractivity contribution >= 4 is 39.9 Å². The van der Waals surface area contributed by atoms with Crippen LogP contribution >= 0.6 is 11.3 Å². The SMILES string of the molecule is Cn1c(NC(=O)c2cc3nc(-c4cccs4)cc(C(F)(F)F)n3n2)nc2ccccc21. The number of amides is 1. The number of aryl methyl sites for hydroxylation is 1. The van der Waals surface area contributed by atoms with E-state index in [2.05, 4.69) is 20.4 Å². The molecule has 0 fully saturated rings. The van der Waals surface area contributed by atoms with E-state index in [4.69, 9.17) is 0 Å². The van der Waals surface area contributed by atoms with Crippen LogP contribution in [0.5, 0.6) is 0 Å². The number of para-hydroxylation sites is 2. The largest absolute Gasteiger partial charge is 0.433 e. The third-order valence-electron chi connectivity index (χ3n) is 4.74. The van der Waals surface area contributed by atoms with Crippen molar-refractivity contribution in [2.45, 2.75) is 6.18 Å². The number of nitrogens with zero attached hydrogens (tertiary/aromatic N) is 5. The lowest BCUT2D eigenvalue weighted by atomic mass is 10.2. The zero-order chi connectivity index (χ0) is 21.8. The van der Waals surface area contributed by atoms with Gasteiger partial charge < -0.3 is 4.57 Å². The van der Waals surface area contributed by atoms with Gasteiger partial charge in [-0.15, -0.1) is 11.3 Å². The molecular formula is C20H13F3N6OS. The molecule has 0 aliphatic rings. The van der Waals surface area contributed by atoms with Crippen molar-refractivity contribution in [3.05, 3.63) is 65.3 Å². The minimum Gasteiger partial charge on any atom is -0.313 e. The number of fused-ring (bicyclic) bond motifs is 2. The summed E-state index contributed by atoms with van der Waals surface area (Å²) in [6.45, 7) is 0. The number of thiophene rings is 1. The van der Waals surface area contributed by atoms with Gasteiger partial charge in [-0.3, -0.25) is 10.1 Å². The molecule has 0 saturated heterocycles. The van der Waals surface area contributed by atoms with Crippen molar-refractivity contribution < 1.29 is 18.0 Å². The lowest BCUT2D eigenvalue weighted by molar-refractivity contribution is -0.142. The molecule has 5 rings (SSSR count). The highest BCUT2D eigenvalue weighted by atomic mass is 32.1. The number of nitrogens with one attached hydrogen (secondary N) is 1. The number of rotatable bonds is 3. The van der Waals surface area contributed by atoms with Gasteiger partial charge in [0.25, 0.3) is 5.91 Å². The molecule has 0 spiro atoms. The van der Waals surface area contributed by atoms with Crippen LogP contribution in [0.4, 0.5) is 19.1 Å². The average molecular weight is 442 g/mol. The van der Waals surface area contributed by atoms with Gasteiger partial charge in [0, 0.05) is 13.1 Å². The molecule has 4 aromatic heterocycles.